The first kappa shape index (κ1) is 20.6. The van der Waals surface area contributed by atoms with Gasteiger partial charge in [0.1, 0.15) is 0 Å². The van der Waals surface area contributed by atoms with Gasteiger partial charge in [-0.2, -0.15) is 0 Å². The van der Waals surface area contributed by atoms with Crippen molar-refractivity contribution in [1.29, 1.82) is 0 Å². The molecule has 4 aromatic rings. The van der Waals surface area contributed by atoms with E-state index in [-0.39, 0.29) is 5.25 Å². The Bertz CT molecular complexity index is 1100. The summed E-state index contributed by atoms with van der Waals surface area (Å²) in [5.41, 5.74) is 8.49. The van der Waals surface area contributed by atoms with E-state index in [4.69, 9.17) is 0 Å². The number of aromatic nitrogens is 3. The quantitative estimate of drug-likeness (QED) is 0.237. The minimum atomic E-state index is -0.878. The summed E-state index contributed by atoms with van der Waals surface area (Å²) in [5.74, 6) is 1.64. The average molecular weight is 488 g/mol. The maximum absolute atomic E-state index is 4.69. The summed E-state index contributed by atoms with van der Waals surface area (Å²) in [6.45, 7) is 0. The van der Waals surface area contributed by atoms with Crippen LogP contribution in [0.25, 0.3) is 5.69 Å². The van der Waals surface area contributed by atoms with Gasteiger partial charge in [0.15, 0.2) is 0 Å². The van der Waals surface area contributed by atoms with E-state index in [1.807, 2.05) is 0 Å². The Morgan fingerprint density at radius 2 is 1.39 bits per heavy atom. The first-order valence-corrected chi connectivity index (χ1v) is 16.3. The Labute approximate surface area is 193 Å². The molecule has 0 radical (unpaired) electrons. The van der Waals surface area contributed by atoms with Crippen LogP contribution < -0.4 is 4.35 Å². The van der Waals surface area contributed by atoms with Crippen LogP contribution in [0.15, 0.2) is 90.1 Å². The molecule has 5 heteroatoms. The van der Waals surface area contributed by atoms with Crippen LogP contribution in [0.4, 0.5) is 0 Å². The van der Waals surface area contributed by atoms with Crippen LogP contribution in [-0.2, 0) is 0 Å². The number of hydrogen-bond acceptors (Lipinski definition) is 3. The third kappa shape index (κ3) is 4.51. The fourth-order valence-electron chi connectivity index (χ4n) is 3.80. The molecule has 0 bridgehead atoms. The van der Waals surface area contributed by atoms with E-state index in [1.165, 1.54) is 34.0 Å². The second-order valence-electron chi connectivity index (χ2n) is 8.18. The van der Waals surface area contributed by atoms with E-state index in [0.717, 1.165) is 11.0 Å². The molecule has 0 saturated heterocycles. The molecular formula is C26H26AsN3S. The molecule has 0 N–H and O–H groups in total. The second-order valence-corrected chi connectivity index (χ2v) is 14.1. The Balaban J connectivity index is 1.56. The van der Waals surface area contributed by atoms with E-state index in [0.29, 0.717) is 5.92 Å². The standard InChI is InChI=1S/C26H26AsN3S/c1-27(2)22-15-17-23(18-16-22)30-25(21-13-14-21)28-29-26(30)31-24(19-9-5-3-6-10-19)20-11-7-4-8-12-20/h3-12,15-18,21,24H,13-14H2,1-2H3. The van der Waals surface area contributed by atoms with Gasteiger partial charge in [-0.15, -0.1) is 0 Å². The minimum absolute atomic E-state index is 0.167. The van der Waals surface area contributed by atoms with Gasteiger partial charge in [0.05, 0.1) is 0 Å². The molecule has 0 aliphatic heterocycles. The van der Waals surface area contributed by atoms with Crippen molar-refractivity contribution >= 4 is 30.8 Å². The van der Waals surface area contributed by atoms with Gasteiger partial charge in [-0.05, 0) is 0 Å². The fraction of sp³-hybridized carbons (Fsp3) is 0.231. The molecule has 5 rings (SSSR count). The molecule has 0 amide bonds. The zero-order valence-electron chi connectivity index (χ0n) is 17.8. The van der Waals surface area contributed by atoms with Crippen LogP contribution >= 0.6 is 11.8 Å². The van der Waals surface area contributed by atoms with Crippen molar-refractivity contribution in [2.24, 2.45) is 0 Å². The van der Waals surface area contributed by atoms with Crippen LogP contribution in [0, 0.1) is 0 Å². The normalized spacial score (nSPS) is 13.8. The van der Waals surface area contributed by atoms with Crippen molar-refractivity contribution in [1.82, 2.24) is 14.8 Å². The molecule has 1 aliphatic rings. The number of benzene rings is 3. The summed E-state index contributed by atoms with van der Waals surface area (Å²) >= 11 is 0.913. The third-order valence-electron chi connectivity index (χ3n) is 5.65. The SMILES string of the molecule is C[As](C)c1ccc(-n2c(SC(c3ccccc3)c3ccccc3)nnc2C2CC2)cc1. The average Bonchev–Trinajstić information content (AvgIpc) is 3.58. The Morgan fingerprint density at radius 3 is 1.90 bits per heavy atom. The summed E-state index contributed by atoms with van der Waals surface area (Å²) in [4.78, 5) is 0. The molecule has 156 valence electrons. The molecule has 3 aromatic carbocycles. The van der Waals surface area contributed by atoms with E-state index >= 15 is 0 Å². The molecule has 3 nitrogen and oxygen atoms in total. The van der Waals surface area contributed by atoms with Crippen LogP contribution in [-0.4, -0.2) is 29.4 Å². The predicted octanol–water partition coefficient (Wildman–Crippen LogP) is 5.99. The molecule has 0 unspecified atom stereocenters. The molecule has 1 saturated carbocycles. The van der Waals surface area contributed by atoms with Crippen molar-refractivity contribution in [3.05, 3.63) is 102 Å². The Hall–Kier alpha value is -2.29. The van der Waals surface area contributed by atoms with Crippen molar-refractivity contribution in [2.45, 2.75) is 40.6 Å². The van der Waals surface area contributed by atoms with Gasteiger partial charge in [-0.25, -0.2) is 0 Å². The molecular weight excluding hydrogens is 461 g/mol. The van der Waals surface area contributed by atoms with E-state index in [1.54, 1.807) is 11.8 Å². The van der Waals surface area contributed by atoms with Crippen LogP contribution in [0.1, 0.15) is 41.0 Å². The zero-order chi connectivity index (χ0) is 21.2. The van der Waals surface area contributed by atoms with Crippen LogP contribution in [0.5, 0.6) is 0 Å². The number of hydrogen-bond donors (Lipinski definition) is 0. The number of thioether (sulfide) groups is 1. The number of nitrogens with zero attached hydrogens (tertiary/aromatic N) is 3. The third-order valence-corrected chi connectivity index (χ3v) is 9.70. The van der Waals surface area contributed by atoms with Gasteiger partial charge in [0.25, 0.3) is 0 Å². The maximum atomic E-state index is 4.69. The van der Waals surface area contributed by atoms with Crippen LogP contribution in [0.3, 0.4) is 0 Å². The summed E-state index contributed by atoms with van der Waals surface area (Å²) in [7, 11) is 0. The first-order valence-electron chi connectivity index (χ1n) is 10.7. The van der Waals surface area contributed by atoms with Crippen molar-refractivity contribution < 1.29 is 0 Å². The zero-order valence-corrected chi connectivity index (χ0v) is 20.5. The van der Waals surface area contributed by atoms with Gasteiger partial charge in [0, 0.05) is 0 Å². The molecule has 1 aromatic heterocycles. The summed E-state index contributed by atoms with van der Waals surface area (Å²) in [6.07, 6.45) is 2.42. The van der Waals surface area contributed by atoms with Crippen LogP contribution in [0.2, 0.25) is 11.4 Å². The molecule has 31 heavy (non-hydrogen) atoms. The van der Waals surface area contributed by atoms with Crippen molar-refractivity contribution in [2.75, 3.05) is 0 Å². The first-order chi connectivity index (χ1) is 15.2. The molecule has 1 fully saturated rings. The Morgan fingerprint density at radius 1 is 0.806 bits per heavy atom. The molecule has 0 spiro atoms. The number of rotatable bonds is 7. The van der Waals surface area contributed by atoms with Crippen molar-refractivity contribution in [3.8, 4) is 5.69 Å². The topological polar surface area (TPSA) is 30.7 Å². The van der Waals surface area contributed by atoms with Gasteiger partial charge in [-0.3, -0.25) is 0 Å². The Kier molecular flexibility index (Phi) is 6.02. The second kappa shape index (κ2) is 9.06. The van der Waals surface area contributed by atoms with Crippen molar-refractivity contribution in [3.63, 3.8) is 0 Å². The summed E-state index contributed by atoms with van der Waals surface area (Å²) < 4.78 is 3.80. The van der Waals surface area contributed by atoms with E-state index < -0.39 is 14.7 Å². The van der Waals surface area contributed by atoms with E-state index in [9.17, 15) is 0 Å². The fourth-order valence-corrected chi connectivity index (χ4v) is 6.55. The van der Waals surface area contributed by atoms with Gasteiger partial charge in [0.2, 0.25) is 0 Å². The predicted molar refractivity (Wildman–Crippen MR) is 131 cm³/mol. The monoisotopic (exact) mass is 487 g/mol. The molecule has 0 atom stereocenters. The van der Waals surface area contributed by atoms with E-state index in [2.05, 4.69) is 111 Å². The molecule has 1 aliphatic carbocycles. The van der Waals surface area contributed by atoms with Gasteiger partial charge < -0.3 is 0 Å². The van der Waals surface area contributed by atoms with Gasteiger partial charge >= 0.3 is 194 Å². The summed E-state index contributed by atoms with van der Waals surface area (Å²) in [5, 5.41) is 10.5. The van der Waals surface area contributed by atoms with Gasteiger partial charge in [-0.1, -0.05) is 0 Å². The summed E-state index contributed by atoms with van der Waals surface area (Å²) in [6, 6.07) is 30.5. The molecule has 1 heterocycles.